The molecule has 2 fully saturated rings. The van der Waals surface area contributed by atoms with Crippen LogP contribution in [0.1, 0.15) is 63.0 Å². The van der Waals surface area contributed by atoms with Gasteiger partial charge in [-0.3, -0.25) is 9.59 Å². The SMILES string of the molecule is CC(C)CN(C(=O)c1cnc(C(C)(C)C)nc1NCc1ccco1)[C@@H]1CNC[C@H](C(=O)N2CC(O)C2)C1.Cl.Cl. The second kappa shape index (κ2) is 13.8. The summed E-state index contributed by atoms with van der Waals surface area (Å²) < 4.78 is 5.46. The van der Waals surface area contributed by atoms with E-state index in [0.29, 0.717) is 62.9 Å². The Kier molecular flexibility index (Phi) is 11.6. The molecule has 2 saturated heterocycles. The van der Waals surface area contributed by atoms with E-state index in [-0.39, 0.29) is 59.9 Å². The number of hydrogen-bond donors (Lipinski definition) is 3. The fraction of sp³-hybridized carbons (Fsp3) is 0.630. The number of aliphatic hydroxyl groups is 1. The predicted molar refractivity (Wildman–Crippen MR) is 154 cm³/mol. The molecule has 2 aromatic heterocycles. The molecule has 2 aliphatic heterocycles. The molecule has 10 nitrogen and oxygen atoms in total. The van der Waals surface area contributed by atoms with Gasteiger partial charge >= 0.3 is 0 Å². The monoisotopic (exact) mass is 584 g/mol. The van der Waals surface area contributed by atoms with Crippen LogP contribution >= 0.6 is 24.8 Å². The number of β-amino-alcohol motifs (C(OH)–C–C–N with tert-alkyl or cyclic N) is 1. The second-order valence-electron chi connectivity index (χ2n) is 11.6. The zero-order valence-electron chi connectivity index (χ0n) is 23.3. The largest absolute Gasteiger partial charge is 0.467 e. The molecule has 0 unspecified atom stereocenters. The standard InChI is InChI=1S/C27H40N6O4.2ClH/c1-17(2)14-33(19-9-18(10-28-11-19)24(35)32-15-20(34)16-32)25(36)22-13-30-26(27(3,4)5)31-23(22)29-12-21-7-6-8-37-21;;/h6-8,13,17-20,28,34H,9-12,14-16H2,1-5H3,(H,29,30,31);2*1H/t18-,19+;;/m1../s1. The van der Waals surface area contributed by atoms with E-state index in [0.717, 1.165) is 5.76 Å². The van der Waals surface area contributed by atoms with Gasteiger partial charge in [-0.1, -0.05) is 34.6 Å². The number of carbonyl (C=O) groups excluding carboxylic acids is 2. The van der Waals surface area contributed by atoms with E-state index in [1.807, 2.05) is 37.8 Å². The predicted octanol–water partition coefficient (Wildman–Crippen LogP) is 3.10. The fourth-order valence-electron chi connectivity index (χ4n) is 4.80. The third kappa shape index (κ3) is 8.06. The first-order chi connectivity index (χ1) is 17.5. The lowest BCUT2D eigenvalue weighted by Gasteiger charge is -2.42. The van der Waals surface area contributed by atoms with Crippen LogP contribution in [0.4, 0.5) is 5.82 Å². The van der Waals surface area contributed by atoms with E-state index < -0.39 is 6.10 Å². The van der Waals surface area contributed by atoms with Crippen molar-refractivity contribution in [1.29, 1.82) is 0 Å². The van der Waals surface area contributed by atoms with Crippen LogP contribution < -0.4 is 10.6 Å². The number of anilines is 1. The molecule has 39 heavy (non-hydrogen) atoms. The van der Waals surface area contributed by atoms with Crippen molar-refractivity contribution < 1.29 is 19.1 Å². The summed E-state index contributed by atoms with van der Waals surface area (Å²) in [5.41, 5.74) is 0.116. The molecule has 0 bridgehead atoms. The number of amides is 2. The van der Waals surface area contributed by atoms with E-state index in [4.69, 9.17) is 9.40 Å². The van der Waals surface area contributed by atoms with Gasteiger partial charge < -0.3 is 30.0 Å². The van der Waals surface area contributed by atoms with Gasteiger partial charge in [-0.2, -0.15) is 0 Å². The van der Waals surface area contributed by atoms with Gasteiger partial charge in [-0.15, -0.1) is 24.8 Å². The van der Waals surface area contributed by atoms with Crippen molar-refractivity contribution in [2.75, 3.05) is 38.0 Å². The van der Waals surface area contributed by atoms with Gasteiger partial charge in [0.05, 0.1) is 24.8 Å². The molecule has 12 heteroatoms. The first-order valence-electron chi connectivity index (χ1n) is 13.1. The average Bonchev–Trinajstić information content (AvgIpc) is 3.36. The lowest BCUT2D eigenvalue weighted by Crippen LogP contribution is -2.59. The highest BCUT2D eigenvalue weighted by Crippen LogP contribution is 2.27. The molecule has 4 heterocycles. The lowest BCUT2D eigenvalue weighted by atomic mass is 9.91. The van der Waals surface area contributed by atoms with Gasteiger partial charge in [0.15, 0.2) is 0 Å². The van der Waals surface area contributed by atoms with Crippen LogP contribution in [0.2, 0.25) is 0 Å². The van der Waals surface area contributed by atoms with Gasteiger partial charge in [-0.25, -0.2) is 9.97 Å². The van der Waals surface area contributed by atoms with Crippen LogP contribution in [-0.2, 0) is 16.8 Å². The first-order valence-corrected chi connectivity index (χ1v) is 13.1. The molecule has 2 amide bonds. The van der Waals surface area contributed by atoms with Gasteiger partial charge in [0.2, 0.25) is 5.91 Å². The maximum absolute atomic E-state index is 14.1. The van der Waals surface area contributed by atoms with Crippen molar-refractivity contribution in [2.45, 2.75) is 65.1 Å². The van der Waals surface area contributed by atoms with Crippen molar-refractivity contribution in [2.24, 2.45) is 11.8 Å². The number of nitrogens with one attached hydrogen (secondary N) is 2. The Bertz CT molecular complexity index is 1090. The quantitative estimate of drug-likeness (QED) is 0.432. The van der Waals surface area contributed by atoms with Crippen molar-refractivity contribution in [3.63, 3.8) is 0 Å². The van der Waals surface area contributed by atoms with E-state index >= 15 is 0 Å². The Morgan fingerprint density at radius 2 is 1.97 bits per heavy atom. The molecule has 0 radical (unpaired) electrons. The average molecular weight is 586 g/mol. The van der Waals surface area contributed by atoms with Crippen LogP contribution in [0.15, 0.2) is 29.0 Å². The summed E-state index contributed by atoms with van der Waals surface area (Å²) in [7, 11) is 0. The number of hydrogen-bond acceptors (Lipinski definition) is 8. The van der Waals surface area contributed by atoms with Crippen LogP contribution in [0, 0.1) is 11.8 Å². The smallest absolute Gasteiger partial charge is 0.259 e. The van der Waals surface area contributed by atoms with Crippen LogP contribution in [0.5, 0.6) is 0 Å². The molecule has 0 saturated carbocycles. The summed E-state index contributed by atoms with van der Waals surface area (Å²) in [5, 5.41) is 16.3. The lowest BCUT2D eigenvalue weighted by molar-refractivity contribution is -0.146. The summed E-state index contributed by atoms with van der Waals surface area (Å²) >= 11 is 0. The second-order valence-corrected chi connectivity index (χ2v) is 11.6. The third-order valence-corrected chi connectivity index (χ3v) is 6.81. The Hall–Kier alpha value is -2.40. The van der Waals surface area contributed by atoms with E-state index in [1.165, 1.54) is 0 Å². The molecular formula is C27H42Cl2N6O4. The zero-order chi connectivity index (χ0) is 26.7. The summed E-state index contributed by atoms with van der Waals surface area (Å²) in [6.45, 7) is 13.2. The molecule has 3 N–H and O–H groups in total. The van der Waals surface area contributed by atoms with Crippen LogP contribution in [-0.4, -0.2) is 81.6 Å². The number of rotatable bonds is 8. The number of likely N-dealkylation sites (tertiary alicyclic amines) is 1. The highest BCUT2D eigenvalue weighted by Gasteiger charge is 2.39. The minimum absolute atomic E-state index is 0. The molecule has 2 aliphatic rings. The number of halogens is 2. The molecule has 2 atom stereocenters. The number of piperidine rings is 1. The fourth-order valence-corrected chi connectivity index (χ4v) is 4.80. The molecule has 0 aromatic carbocycles. The summed E-state index contributed by atoms with van der Waals surface area (Å²) in [5.74, 6) is 1.74. The number of nitrogens with zero attached hydrogens (tertiary/aromatic N) is 4. The zero-order valence-corrected chi connectivity index (χ0v) is 25.0. The van der Waals surface area contributed by atoms with Gasteiger partial charge in [0, 0.05) is 50.4 Å². The summed E-state index contributed by atoms with van der Waals surface area (Å²) in [6, 6.07) is 3.54. The molecule has 4 rings (SSSR count). The Morgan fingerprint density at radius 1 is 1.26 bits per heavy atom. The summed E-state index contributed by atoms with van der Waals surface area (Å²) in [6.07, 6.45) is 3.38. The van der Waals surface area contributed by atoms with Crippen LogP contribution in [0.25, 0.3) is 0 Å². The molecule has 0 aliphatic carbocycles. The number of aromatic nitrogens is 2. The van der Waals surface area contributed by atoms with Crippen molar-refractivity contribution in [1.82, 2.24) is 25.1 Å². The van der Waals surface area contributed by atoms with Crippen molar-refractivity contribution >= 4 is 42.4 Å². The highest BCUT2D eigenvalue weighted by atomic mass is 35.5. The topological polar surface area (TPSA) is 124 Å². The minimum atomic E-state index is -0.432. The van der Waals surface area contributed by atoms with Crippen molar-refractivity contribution in [3.8, 4) is 0 Å². The third-order valence-electron chi connectivity index (χ3n) is 6.81. The van der Waals surface area contributed by atoms with Gasteiger partial charge in [0.1, 0.15) is 23.0 Å². The molecular weight excluding hydrogens is 543 g/mol. The van der Waals surface area contributed by atoms with E-state index in [2.05, 4.69) is 29.5 Å². The van der Waals surface area contributed by atoms with Crippen LogP contribution in [0.3, 0.4) is 0 Å². The molecule has 218 valence electrons. The maximum Gasteiger partial charge on any atom is 0.259 e. The summed E-state index contributed by atoms with van der Waals surface area (Å²) in [4.78, 5) is 39.9. The Balaban J connectivity index is 0.00000267. The maximum atomic E-state index is 14.1. The van der Waals surface area contributed by atoms with E-state index in [9.17, 15) is 14.7 Å². The Labute approximate surface area is 243 Å². The van der Waals surface area contributed by atoms with Gasteiger partial charge in [-0.05, 0) is 24.5 Å². The van der Waals surface area contributed by atoms with Gasteiger partial charge in [0.25, 0.3) is 5.91 Å². The number of aliphatic hydroxyl groups excluding tert-OH is 1. The number of furan rings is 1. The van der Waals surface area contributed by atoms with E-state index in [1.54, 1.807) is 17.4 Å². The minimum Gasteiger partial charge on any atom is -0.467 e. The highest BCUT2D eigenvalue weighted by molar-refractivity contribution is 5.98. The normalized spacial score (nSPS) is 19.5. The molecule has 0 spiro atoms. The van der Waals surface area contributed by atoms with Crippen molar-refractivity contribution in [3.05, 3.63) is 41.7 Å². The molecule has 2 aromatic rings. The first kappa shape index (κ1) is 32.8. The number of carbonyl (C=O) groups is 2. The Morgan fingerprint density at radius 3 is 2.56 bits per heavy atom.